The molecule has 0 aromatic heterocycles. The number of hydrogen-bond acceptors (Lipinski definition) is 0. The zero-order chi connectivity index (χ0) is 7.71. The second kappa shape index (κ2) is 1.61. The van der Waals surface area contributed by atoms with Gasteiger partial charge >= 0.3 is 0 Å². The van der Waals surface area contributed by atoms with Crippen molar-refractivity contribution in [3.8, 4) is 0 Å². The summed E-state index contributed by atoms with van der Waals surface area (Å²) in [5.41, 5.74) is 3.66. The van der Waals surface area contributed by atoms with E-state index in [1.165, 1.54) is 12.8 Å². The van der Waals surface area contributed by atoms with Crippen LogP contribution < -0.4 is 0 Å². The van der Waals surface area contributed by atoms with Gasteiger partial charge in [0, 0.05) is 0 Å². The molecule has 4 bridgehead atoms. The summed E-state index contributed by atoms with van der Waals surface area (Å²) in [5, 5.41) is 0. The molecule has 0 N–H and O–H groups in total. The van der Waals surface area contributed by atoms with Gasteiger partial charge in [-0.2, -0.15) is 0 Å². The molecule has 0 heteroatoms. The van der Waals surface area contributed by atoms with Gasteiger partial charge in [-0.05, 0) is 36.5 Å². The molecule has 60 valence electrons. The fourth-order valence-corrected chi connectivity index (χ4v) is 3.73. The van der Waals surface area contributed by atoms with Gasteiger partial charge in [-0.25, -0.2) is 0 Å². The van der Waals surface area contributed by atoms with Crippen molar-refractivity contribution in [1.82, 2.24) is 0 Å². The topological polar surface area (TPSA) is 0 Å². The second-order valence-electron chi connectivity index (χ2n) is 4.58. The molecule has 0 aromatic carbocycles. The molecule has 4 aliphatic carbocycles. The van der Waals surface area contributed by atoms with Crippen molar-refractivity contribution in [1.29, 1.82) is 0 Å². The summed E-state index contributed by atoms with van der Waals surface area (Å²) >= 11 is 0. The van der Waals surface area contributed by atoms with Crippen LogP contribution in [0.1, 0.15) is 12.8 Å². The van der Waals surface area contributed by atoms with Crippen molar-refractivity contribution in [2.75, 3.05) is 0 Å². The minimum absolute atomic E-state index is 0.852. The Morgan fingerprint density at radius 1 is 0.667 bits per heavy atom. The van der Waals surface area contributed by atoms with Gasteiger partial charge < -0.3 is 0 Å². The average Bonchev–Trinajstić information content (AvgIpc) is 2.83. The molecule has 4 rings (SSSR count). The van der Waals surface area contributed by atoms with Crippen LogP contribution in [0.2, 0.25) is 0 Å². The van der Waals surface area contributed by atoms with Gasteiger partial charge in [-0.1, -0.05) is 35.5 Å². The molecule has 4 aliphatic rings. The summed E-state index contributed by atoms with van der Waals surface area (Å²) in [5.74, 6) is 3.41. The van der Waals surface area contributed by atoms with Crippen molar-refractivity contribution >= 4 is 0 Å². The predicted octanol–water partition coefficient (Wildman–Crippen LogP) is 2.69. The molecule has 0 heterocycles. The van der Waals surface area contributed by atoms with Crippen LogP contribution in [0.4, 0.5) is 0 Å². The van der Waals surface area contributed by atoms with Gasteiger partial charge in [0.05, 0.1) is 0 Å². The van der Waals surface area contributed by atoms with E-state index >= 15 is 0 Å². The lowest BCUT2D eigenvalue weighted by molar-refractivity contribution is 0.575. The average molecular weight is 156 g/mol. The Balaban J connectivity index is 1.93. The van der Waals surface area contributed by atoms with E-state index in [0.717, 1.165) is 23.7 Å². The maximum Gasteiger partial charge on any atom is -0.000535 e. The van der Waals surface area contributed by atoms with Gasteiger partial charge in [0.15, 0.2) is 0 Å². The van der Waals surface area contributed by atoms with Gasteiger partial charge in [0.1, 0.15) is 0 Å². The lowest BCUT2D eigenvalue weighted by Gasteiger charge is -2.16. The third-order valence-corrected chi connectivity index (χ3v) is 4.10. The van der Waals surface area contributed by atoms with E-state index in [4.69, 9.17) is 0 Å². The van der Waals surface area contributed by atoms with E-state index < -0.39 is 0 Å². The lowest BCUT2D eigenvalue weighted by atomic mass is 9.89. The summed E-state index contributed by atoms with van der Waals surface area (Å²) in [6, 6.07) is 0. The first-order valence-electron chi connectivity index (χ1n) is 5.04. The highest BCUT2D eigenvalue weighted by Gasteiger charge is 2.46. The van der Waals surface area contributed by atoms with Crippen LogP contribution in [-0.2, 0) is 0 Å². The summed E-state index contributed by atoms with van der Waals surface area (Å²) in [7, 11) is 0. The minimum Gasteiger partial charge on any atom is -0.0807 e. The molecule has 0 amide bonds. The predicted molar refractivity (Wildman–Crippen MR) is 48.5 cm³/mol. The van der Waals surface area contributed by atoms with E-state index in [-0.39, 0.29) is 0 Å². The van der Waals surface area contributed by atoms with Crippen LogP contribution in [0.25, 0.3) is 0 Å². The van der Waals surface area contributed by atoms with Crippen molar-refractivity contribution in [2.24, 2.45) is 23.7 Å². The molecule has 0 saturated heterocycles. The van der Waals surface area contributed by atoms with E-state index in [0.29, 0.717) is 0 Å². The maximum absolute atomic E-state index is 2.44. The first-order valence-corrected chi connectivity index (χ1v) is 5.04. The zero-order valence-corrected chi connectivity index (χ0v) is 7.03. The molecular formula is C12H12. The molecule has 0 aromatic rings. The van der Waals surface area contributed by atoms with Crippen LogP contribution in [0, 0.1) is 23.7 Å². The van der Waals surface area contributed by atoms with E-state index in [9.17, 15) is 0 Å². The Kier molecular flexibility index (Phi) is 0.778. The monoisotopic (exact) mass is 156 g/mol. The van der Waals surface area contributed by atoms with E-state index in [2.05, 4.69) is 24.3 Å². The molecule has 0 spiro atoms. The minimum atomic E-state index is 0.852. The smallest absolute Gasteiger partial charge is 0.000535 e. The van der Waals surface area contributed by atoms with Crippen molar-refractivity contribution in [2.45, 2.75) is 12.8 Å². The first-order chi connectivity index (χ1) is 5.93. The molecule has 0 radical (unpaired) electrons. The Morgan fingerprint density at radius 2 is 1.00 bits per heavy atom. The van der Waals surface area contributed by atoms with Gasteiger partial charge in [0.2, 0.25) is 0 Å². The van der Waals surface area contributed by atoms with Crippen LogP contribution in [-0.4, -0.2) is 0 Å². The van der Waals surface area contributed by atoms with Crippen molar-refractivity contribution in [3.63, 3.8) is 0 Å². The zero-order valence-electron chi connectivity index (χ0n) is 7.03. The third-order valence-electron chi connectivity index (χ3n) is 4.10. The molecule has 12 heavy (non-hydrogen) atoms. The largest absolute Gasteiger partial charge is 0.0807 e. The highest BCUT2D eigenvalue weighted by molar-refractivity contribution is 5.49. The Hall–Kier alpha value is -0.780. The van der Waals surface area contributed by atoms with Gasteiger partial charge in [-0.15, -0.1) is 0 Å². The maximum atomic E-state index is 2.44. The van der Waals surface area contributed by atoms with Crippen molar-refractivity contribution < 1.29 is 0 Å². The van der Waals surface area contributed by atoms with E-state index in [1.54, 1.807) is 0 Å². The Morgan fingerprint density at radius 3 is 1.33 bits per heavy atom. The molecule has 0 saturated carbocycles. The highest BCUT2D eigenvalue weighted by Crippen LogP contribution is 2.58. The molecule has 0 nitrogen and oxygen atoms in total. The standard InChI is InChI=1S/C12H12/c1-2-8-5-7(1)11-9-3-4-10(6-9)12(8)11/h1-4,7-10H,5-6H2/t7-,8+,9-,10+. The molecule has 0 unspecified atom stereocenters. The summed E-state index contributed by atoms with van der Waals surface area (Å²) < 4.78 is 0. The summed E-state index contributed by atoms with van der Waals surface area (Å²) in [6.45, 7) is 0. The van der Waals surface area contributed by atoms with Gasteiger partial charge in [0.25, 0.3) is 0 Å². The molecule has 0 fully saturated rings. The number of hydrogen-bond donors (Lipinski definition) is 0. The van der Waals surface area contributed by atoms with E-state index in [1.807, 2.05) is 11.1 Å². The molecular weight excluding hydrogens is 144 g/mol. The SMILES string of the molecule is C1=C[C@H]2C[C@@H]1C1=C2[C@H]2C=C[C@@H]1C2. The van der Waals surface area contributed by atoms with Crippen LogP contribution in [0.3, 0.4) is 0 Å². The highest BCUT2D eigenvalue weighted by atomic mass is 14.5. The summed E-state index contributed by atoms with van der Waals surface area (Å²) in [6.07, 6.45) is 12.6. The van der Waals surface area contributed by atoms with Crippen LogP contribution in [0.5, 0.6) is 0 Å². The van der Waals surface area contributed by atoms with Crippen LogP contribution in [0.15, 0.2) is 35.5 Å². The third kappa shape index (κ3) is 0.450. The fourth-order valence-electron chi connectivity index (χ4n) is 3.73. The Labute approximate surface area is 72.7 Å². The number of rotatable bonds is 0. The normalized spacial score (nSPS) is 51.3. The first kappa shape index (κ1) is 5.80. The fraction of sp³-hybridized carbons (Fsp3) is 0.500. The molecule has 0 aliphatic heterocycles. The number of fused-ring (bicyclic) bond motifs is 8. The Bertz CT molecular complexity index is 281. The second-order valence-corrected chi connectivity index (χ2v) is 4.58. The number of allylic oxidation sites excluding steroid dienone is 6. The summed E-state index contributed by atoms with van der Waals surface area (Å²) in [4.78, 5) is 0. The molecule has 4 atom stereocenters. The van der Waals surface area contributed by atoms with Gasteiger partial charge in [-0.3, -0.25) is 0 Å². The van der Waals surface area contributed by atoms with Crippen LogP contribution >= 0.6 is 0 Å². The van der Waals surface area contributed by atoms with Crippen molar-refractivity contribution in [3.05, 3.63) is 35.5 Å². The lowest BCUT2D eigenvalue weighted by Crippen LogP contribution is -2.03. The quantitative estimate of drug-likeness (QED) is 0.373.